The summed E-state index contributed by atoms with van der Waals surface area (Å²) in [6.45, 7) is 8.37. The van der Waals surface area contributed by atoms with Gasteiger partial charge in [-0.3, -0.25) is 10.1 Å². The number of anilines is 2. The quantitative estimate of drug-likeness (QED) is 0.627. The largest absolute Gasteiger partial charge is 0.444 e. The lowest BCUT2D eigenvalue weighted by Gasteiger charge is -2.19. The molecule has 0 unspecified atom stereocenters. The lowest BCUT2D eigenvalue weighted by molar-refractivity contribution is -0.115. The van der Waals surface area contributed by atoms with Gasteiger partial charge in [0.2, 0.25) is 5.91 Å². The van der Waals surface area contributed by atoms with E-state index in [9.17, 15) is 9.59 Å². The number of nitrogens with one attached hydrogen (secondary N) is 2. The maximum absolute atomic E-state index is 12.5. The number of benzene rings is 2. The van der Waals surface area contributed by atoms with Crippen LogP contribution in [0.15, 0.2) is 54.7 Å². The smallest absolute Gasteiger partial charge is 0.412 e. The maximum Gasteiger partial charge on any atom is 0.412 e. The van der Waals surface area contributed by atoms with E-state index in [2.05, 4.69) is 28.2 Å². The standard InChI is InChI=1S/C23H27N3O3/c1-5-26-15-16(19-8-6-7-9-20(19)26)14-21(27)24-17-10-12-18(13-11-17)25-22(28)29-23(2,3)4/h6-13,15H,5,14H2,1-4H3,(H,24,27)(H,25,28). The summed E-state index contributed by atoms with van der Waals surface area (Å²) in [5, 5.41) is 6.68. The number of nitrogens with zero attached hydrogens (tertiary/aromatic N) is 1. The second kappa shape index (κ2) is 8.39. The van der Waals surface area contributed by atoms with E-state index in [1.807, 2.05) is 45.2 Å². The average Bonchev–Trinajstić information content (AvgIpc) is 2.99. The Bertz CT molecular complexity index is 1010. The molecule has 0 atom stereocenters. The van der Waals surface area contributed by atoms with Crippen molar-refractivity contribution in [2.75, 3.05) is 10.6 Å². The molecule has 2 amide bonds. The van der Waals surface area contributed by atoms with Crippen LogP contribution in [0.25, 0.3) is 10.9 Å². The number of amides is 2. The van der Waals surface area contributed by atoms with Crippen molar-refractivity contribution >= 4 is 34.3 Å². The third-order valence-electron chi connectivity index (χ3n) is 4.38. The van der Waals surface area contributed by atoms with Crippen LogP contribution in [-0.4, -0.2) is 22.2 Å². The topological polar surface area (TPSA) is 72.4 Å². The Morgan fingerprint density at radius 2 is 1.59 bits per heavy atom. The molecule has 0 bridgehead atoms. The van der Waals surface area contributed by atoms with Gasteiger partial charge in [0.15, 0.2) is 0 Å². The fourth-order valence-electron chi connectivity index (χ4n) is 3.16. The van der Waals surface area contributed by atoms with Crippen LogP contribution in [0.3, 0.4) is 0 Å². The van der Waals surface area contributed by atoms with Gasteiger partial charge in [0.05, 0.1) is 6.42 Å². The van der Waals surface area contributed by atoms with E-state index < -0.39 is 11.7 Å². The first-order valence-corrected chi connectivity index (χ1v) is 9.72. The first-order valence-electron chi connectivity index (χ1n) is 9.72. The highest BCUT2D eigenvalue weighted by Crippen LogP contribution is 2.22. The summed E-state index contributed by atoms with van der Waals surface area (Å²) in [5.41, 5.74) is 2.85. The molecule has 3 rings (SSSR count). The minimum absolute atomic E-state index is 0.0862. The highest BCUT2D eigenvalue weighted by atomic mass is 16.6. The molecule has 29 heavy (non-hydrogen) atoms. The predicted molar refractivity (Wildman–Crippen MR) is 116 cm³/mol. The zero-order chi connectivity index (χ0) is 21.0. The minimum atomic E-state index is -0.557. The third kappa shape index (κ3) is 5.38. The molecule has 0 saturated heterocycles. The van der Waals surface area contributed by atoms with Gasteiger partial charge in [-0.05, 0) is 63.6 Å². The van der Waals surface area contributed by atoms with Crippen LogP contribution in [0.4, 0.5) is 16.2 Å². The SMILES string of the molecule is CCn1cc(CC(=O)Nc2ccc(NC(=O)OC(C)(C)C)cc2)c2ccccc21. The van der Waals surface area contributed by atoms with Crippen LogP contribution in [-0.2, 0) is 22.5 Å². The molecule has 0 saturated carbocycles. The molecule has 0 aliphatic rings. The van der Waals surface area contributed by atoms with Crippen molar-refractivity contribution in [2.45, 2.75) is 46.3 Å². The van der Waals surface area contributed by atoms with Crippen molar-refractivity contribution in [3.8, 4) is 0 Å². The Morgan fingerprint density at radius 3 is 2.21 bits per heavy atom. The fraction of sp³-hybridized carbons (Fsp3) is 0.304. The van der Waals surface area contributed by atoms with Crippen LogP contribution in [0, 0.1) is 0 Å². The van der Waals surface area contributed by atoms with Gasteiger partial charge in [0, 0.05) is 35.0 Å². The molecule has 0 radical (unpaired) electrons. The van der Waals surface area contributed by atoms with Gasteiger partial charge in [0.25, 0.3) is 0 Å². The van der Waals surface area contributed by atoms with Crippen LogP contribution in [0.2, 0.25) is 0 Å². The Hall–Kier alpha value is -3.28. The third-order valence-corrected chi connectivity index (χ3v) is 4.38. The van der Waals surface area contributed by atoms with Crippen molar-refractivity contribution in [3.63, 3.8) is 0 Å². The van der Waals surface area contributed by atoms with E-state index >= 15 is 0 Å². The first-order chi connectivity index (χ1) is 13.7. The van der Waals surface area contributed by atoms with Gasteiger partial charge in [-0.2, -0.15) is 0 Å². The van der Waals surface area contributed by atoms with Crippen LogP contribution in [0.1, 0.15) is 33.3 Å². The zero-order valence-electron chi connectivity index (χ0n) is 17.3. The van der Waals surface area contributed by atoms with E-state index in [0.717, 1.165) is 23.0 Å². The normalized spacial score (nSPS) is 11.3. The van der Waals surface area contributed by atoms with Crippen molar-refractivity contribution in [2.24, 2.45) is 0 Å². The van der Waals surface area contributed by atoms with Gasteiger partial charge < -0.3 is 14.6 Å². The van der Waals surface area contributed by atoms with Gasteiger partial charge in [-0.25, -0.2) is 4.79 Å². The number of carbonyl (C=O) groups excluding carboxylic acids is 2. The number of aromatic nitrogens is 1. The van der Waals surface area contributed by atoms with E-state index in [1.54, 1.807) is 24.3 Å². The van der Waals surface area contributed by atoms with Crippen LogP contribution < -0.4 is 10.6 Å². The molecule has 6 heteroatoms. The lowest BCUT2D eigenvalue weighted by atomic mass is 10.1. The lowest BCUT2D eigenvalue weighted by Crippen LogP contribution is -2.27. The molecular weight excluding hydrogens is 366 g/mol. The Balaban J connectivity index is 1.62. The molecular formula is C23H27N3O3. The molecule has 0 fully saturated rings. The molecule has 0 aliphatic heterocycles. The number of fused-ring (bicyclic) bond motifs is 1. The summed E-state index contributed by atoms with van der Waals surface area (Å²) in [6.07, 6.45) is 1.82. The summed E-state index contributed by atoms with van der Waals surface area (Å²) in [5.74, 6) is -0.0862. The summed E-state index contributed by atoms with van der Waals surface area (Å²) < 4.78 is 7.38. The molecule has 1 aromatic heterocycles. The molecule has 0 aliphatic carbocycles. The molecule has 0 spiro atoms. The molecule has 2 aromatic carbocycles. The summed E-state index contributed by atoms with van der Waals surface area (Å²) in [7, 11) is 0. The van der Waals surface area contributed by atoms with Gasteiger partial charge in [-0.1, -0.05) is 18.2 Å². The van der Waals surface area contributed by atoms with E-state index in [-0.39, 0.29) is 5.91 Å². The Morgan fingerprint density at radius 1 is 0.966 bits per heavy atom. The monoisotopic (exact) mass is 393 g/mol. The summed E-state index contributed by atoms with van der Waals surface area (Å²) in [4.78, 5) is 24.4. The maximum atomic E-state index is 12.5. The van der Waals surface area contributed by atoms with Crippen LogP contribution >= 0.6 is 0 Å². The van der Waals surface area contributed by atoms with E-state index in [1.165, 1.54) is 0 Å². The van der Waals surface area contributed by atoms with Gasteiger partial charge in [0.1, 0.15) is 5.60 Å². The zero-order valence-corrected chi connectivity index (χ0v) is 17.3. The Labute approximate surface area is 170 Å². The van der Waals surface area contributed by atoms with E-state index in [0.29, 0.717) is 17.8 Å². The predicted octanol–water partition coefficient (Wildman–Crippen LogP) is 5.19. The second-order valence-corrected chi connectivity index (χ2v) is 7.89. The highest BCUT2D eigenvalue weighted by Gasteiger charge is 2.16. The van der Waals surface area contributed by atoms with Crippen LogP contribution in [0.5, 0.6) is 0 Å². The highest BCUT2D eigenvalue weighted by molar-refractivity contribution is 5.96. The van der Waals surface area contributed by atoms with Crippen molar-refractivity contribution in [1.82, 2.24) is 4.57 Å². The number of para-hydroxylation sites is 1. The number of hydrogen-bond donors (Lipinski definition) is 2. The number of ether oxygens (including phenoxy) is 1. The first kappa shape index (κ1) is 20.5. The number of carbonyl (C=O) groups is 2. The number of aryl methyl sites for hydroxylation is 1. The molecule has 3 aromatic rings. The van der Waals surface area contributed by atoms with E-state index in [4.69, 9.17) is 4.74 Å². The van der Waals surface area contributed by atoms with Crippen molar-refractivity contribution < 1.29 is 14.3 Å². The number of hydrogen-bond acceptors (Lipinski definition) is 3. The molecule has 1 heterocycles. The number of rotatable bonds is 5. The molecule has 2 N–H and O–H groups in total. The van der Waals surface area contributed by atoms with Crippen molar-refractivity contribution in [3.05, 3.63) is 60.3 Å². The fourth-order valence-corrected chi connectivity index (χ4v) is 3.16. The summed E-state index contributed by atoms with van der Waals surface area (Å²) >= 11 is 0. The average molecular weight is 393 g/mol. The second-order valence-electron chi connectivity index (χ2n) is 7.89. The van der Waals surface area contributed by atoms with Crippen molar-refractivity contribution in [1.29, 1.82) is 0 Å². The summed E-state index contributed by atoms with van der Waals surface area (Å²) in [6, 6.07) is 15.0. The molecule has 152 valence electrons. The Kier molecular flexibility index (Phi) is 5.92. The molecule has 6 nitrogen and oxygen atoms in total. The van der Waals surface area contributed by atoms with Gasteiger partial charge >= 0.3 is 6.09 Å². The van der Waals surface area contributed by atoms with Gasteiger partial charge in [-0.15, -0.1) is 0 Å². The minimum Gasteiger partial charge on any atom is -0.444 e.